The van der Waals surface area contributed by atoms with E-state index in [4.69, 9.17) is 11.6 Å². The molecule has 2 aromatic rings. The number of hydrogen-bond donors (Lipinski definition) is 1. The third kappa shape index (κ3) is 4.10. The molecule has 1 aliphatic heterocycles. The van der Waals surface area contributed by atoms with Crippen molar-refractivity contribution in [3.63, 3.8) is 0 Å². The molecule has 3 nitrogen and oxygen atoms in total. The normalized spacial score (nSPS) is 14.9. The fourth-order valence-corrected chi connectivity index (χ4v) is 3.29. The summed E-state index contributed by atoms with van der Waals surface area (Å²) in [6, 6.07) is 9.12. The number of carbonyl (C=O) groups is 1. The van der Waals surface area contributed by atoms with Crippen molar-refractivity contribution in [2.24, 2.45) is 0 Å². The molecule has 1 aliphatic rings. The predicted octanol–water partition coefficient (Wildman–Crippen LogP) is 5.25. The van der Waals surface area contributed by atoms with Crippen molar-refractivity contribution in [3.05, 3.63) is 58.6 Å². The summed E-state index contributed by atoms with van der Waals surface area (Å²) in [5.74, 6) is -2.74. The summed E-state index contributed by atoms with van der Waals surface area (Å²) in [7, 11) is 0. The first kappa shape index (κ1) is 17.7. The van der Waals surface area contributed by atoms with Crippen LogP contribution in [0.25, 0.3) is 0 Å². The van der Waals surface area contributed by atoms with Crippen LogP contribution in [0, 0.1) is 11.6 Å². The van der Waals surface area contributed by atoms with E-state index < -0.39 is 17.5 Å². The van der Waals surface area contributed by atoms with Crippen molar-refractivity contribution in [2.45, 2.75) is 25.7 Å². The predicted molar refractivity (Wildman–Crippen MR) is 96.4 cm³/mol. The van der Waals surface area contributed by atoms with Crippen molar-refractivity contribution in [1.82, 2.24) is 0 Å². The smallest absolute Gasteiger partial charge is 0.257 e. The Bertz CT molecular complexity index is 774. The van der Waals surface area contributed by atoms with Crippen LogP contribution in [0.15, 0.2) is 36.4 Å². The Kier molecular flexibility index (Phi) is 5.53. The number of halogens is 3. The molecule has 0 atom stereocenters. The maximum atomic E-state index is 13.5. The molecule has 1 fully saturated rings. The Balaban J connectivity index is 1.85. The van der Waals surface area contributed by atoms with E-state index in [0.29, 0.717) is 5.69 Å². The molecule has 25 heavy (non-hydrogen) atoms. The molecule has 0 radical (unpaired) electrons. The van der Waals surface area contributed by atoms with Gasteiger partial charge in [0.1, 0.15) is 0 Å². The van der Waals surface area contributed by atoms with E-state index in [-0.39, 0.29) is 10.6 Å². The minimum Gasteiger partial charge on any atom is -0.370 e. The van der Waals surface area contributed by atoms with Gasteiger partial charge in [0.2, 0.25) is 0 Å². The Morgan fingerprint density at radius 1 is 1.00 bits per heavy atom. The molecular formula is C19H19ClF2N2O. The molecule has 0 aliphatic carbocycles. The van der Waals surface area contributed by atoms with Gasteiger partial charge in [-0.1, -0.05) is 36.6 Å². The molecule has 2 aromatic carbocycles. The highest BCUT2D eigenvalue weighted by Gasteiger charge is 2.18. The zero-order valence-electron chi connectivity index (χ0n) is 13.7. The van der Waals surface area contributed by atoms with Gasteiger partial charge in [-0.05, 0) is 37.1 Å². The molecule has 1 N–H and O–H groups in total. The highest BCUT2D eigenvalue weighted by atomic mass is 35.5. The summed E-state index contributed by atoms with van der Waals surface area (Å²) in [5, 5.41) is 2.66. The molecule has 132 valence electrons. The molecule has 0 unspecified atom stereocenters. The highest BCUT2D eigenvalue weighted by Crippen LogP contribution is 2.29. The van der Waals surface area contributed by atoms with Gasteiger partial charge >= 0.3 is 0 Å². The summed E-state index contributed by atoms with van der Waals surface area (Å²) >= 11 is 5.89. The van der Waals surface area contributed by atoms with Gasteiger partial charge in [0.25, 0.3) is 5.91 Å². The topological polar surface area (TPSA) is 32.3 Å². The zero-order valence-corrected chi connectivity index (χ0v) is 14.5. The SMILES string of the molecule is O=C(Nc1ccccc1N1CCCCCC1)c1cc(F)c(F)cc1Cl. The molecule has 6 heteroatoms. The monoisotopic (exact) mass is 364 g/mol. The van der Waals surface area contributed by atoms with Crippen LogP contribution in [-0.2, 0) is 0 Å². The Morgan fingerprint density at radius 3 is 2.36 bits per heavy atom. The van der Waals surface area contributed by atoms with Gasteiger partial charge in [-0.25, -0.2) is 8.78 Å². The molecular weight excluding hydrogens is 346 g/mol. The van der Waals surface area contributed by atoms with Gasteiger partial charge in [0.05, 0.1) is 22.0 Å². The summed E-state index contributed by atoms with van der Waals surface area (Å²) < 4.78 is 26.6. The molecule has 1 saturated heterocycles. The van der Waals surface area contributed by atoms with Gasteiger partial charge < -0.3 is 10.2 Å². The van der Waals surface area contributed by atoms with E-state index in [0.717, 1.165) is 43.8 Å². The Morgan fingerprint density at radius 2 is 1.64 bits per heavy atom. The quantitative estimate of drug-likeness (QED) is 0.754. The second-order valence-electron chi connectivity index (χ2n) is 6.12. The summed E-state index contributed by atoms with van der Waals surface area (Å²) in [5.41, 5.74) is 1.47. The minimum absolute atomic E-state index is 0.0914. The fourth-order valence-electron chi connectivity index (χ4n) is 3.05. The van der Waals surface area contributed by atoms with Gasteiger partial charge in [-0.15, -0.1) is 0 Å². The van der Waals surface area contributed by atoms with Crippen LogP contribution in [0.2, 0.25) is 5.02 Å². The van der Waals surface area contributed by atoms with Gasteiger partial charge in [0, 0.05) is 13.1 Å². The van der Waals surface area contributed by atoms with E-state index in [1.807, 2.05) is 18.2 Å². The molecule has 1 heterocycles. The Labute approximate surface area is 150 Å². The second kappa shape index (κ2) is 7.83. The number of amides is 1. The van der Waals surface area contributed by atoms with Crippen LogP contribution >= 0.6 is 11.6 Å². The molecule has 0 spiro atoms. The van der Waals surface area contributed by atoms with E-state index in [1.54, 1.807) is 6.07 Å². The van der Waals surface area contributed by atoms with Crippen LogP contribution in [0.3, 0.4) is 0 Å². The summed E-state index contributed by atoms with van der Waals surface area (Å²) in [4.78, 5) is 14.7. The van der Waals surface area contributed by atoms with Gasteiger partial charge in [0.15, 0.2) is 11.6 Å². The first-order valence-electron chi connectivity index (χ1n) is 8.36. The third-order valence-corrected chi connectivity index (χ3v) is 4.67. The van der Waals surface area contributed by atoms with Crippen molar-refractivity contribution in [2.75, 3.05) is 23.3 Å². The maximum Gasteiger partial charge on any atom is 0.257 e. The van der Waals surface area contributed by atoms with Crippen LogP contribution in [0.1, 0.15) is 36.0 Å². The molecule has 1 amide bonds. The lowest BCUT2D eigenvalue weighted by Crippen LogP contribution is -2.25. The molecule has 0 aromatic heterocycles. The van der Waals surface area contributed by atoms with E-state index in [9.17, 15) is 13.6 Å². The summed E-state index contributed by atoms with van der Waals surface area (Å²) in [6.45, 7) is 1.86. The fraction of sp³-hybridized carbons (Fsp3) is 0.316. The van der Waals surface area contributed by atoms with Crippen LogP contribution in [-0.4, -0.2) is 19.0 Å². The van der Waals surface area contributed by atoms with E-state index in [2.05, 4.69) is 10.2 Å². The molecule has 0 saturated carbocycles. The first-order chi connectivity index (χ1) is 12.1. The van der Waals surface area contributed by atoms with E-state index in [1.165, 1.54) is 12.8 Å². The minimum atomic E-state index is -1.10. The average molecular weight is 365 g/mol. The van der Waals surface area contributed by atoms with Crippen LogP contribution < -0.4 is 10.2 Å². The van der Waals surface area contributed by atoms with Crippen molar-refractivity contribution in [3.8, 4) is 0 Å². The number of hydrogen-bond acceptors (Lipinski definition) is 2. The average Bonchev–Trinajstić information content (AvgIpc) is 2.88. The van der Waals surface area contributed by atoms with Crippen molar-refractivity contribution < 1.29 is 13.6 Å². The number of benzene rings is 2. The second-order valence-corrected chi connectivity index (χ2v) is 6.53. The first-order valence-corrected chi connectivity index (χ1v) is 8.74. The lowest BCUT2D eigenvalue weighted by Gasteiger charge is -2.25. The van der Waals surface area contributed by atoms with Crippen LogP contribution in [0.5, 0.6) is 0 Å². The van der Waals surface area contributed by atoms with E-state index >= 15 is 0 Å². The van der Waals surface area contributed by atoms with Crippen molar-refractivity contribution in [1.29, 1.82) is 0 Å². The summed E-state index contributed by atoms with van der Waals surface area (Å²) in [6.07, 6.45) is 4.62. The zero-order chi connectivity index (χ0) is 17.8. The van der Waals surface area contributed by atoms with Gasteiger partial charge in [-0.3, -0.25) is 4.79 Å². The number of nitrogens with one attached hydrogen (secondary N) is 1. The lowest BCUT2D eigenvalue weighted by molar-refractivity contribution is 0.102. The number of nitrogens with zero attached hydrogens (tertiary/aromatic N) is 1. The lowest BCUT2D eigenvalue weighted by atomic mass is 10.1. The standard InChI is InChI=1S/C19H19ClF2N2O/c20-14-12-16(22)15(21)11-13(14)19(25)23-17-7-3-4-8-18(17)24-9-5-1-2-6-10-24/h3-4,7-8,11-12H,1-2,5-6,9-10H2,(H,23,25). The Hall–Kier alpha value is -2.14. The highest BCUT2D eigenvalue weighted by molar-refractivity contribution is 6.34. The third-order valence-electron chi connectivity index (χ3n) is 4.35. The van der Waals surface area contributed by atoms with Crippen LogP contribution in [0.4, 0.5) is 20.2 Å². The number of rotatable bonds is 3. The van der Waals surface area contributed by atoms with Crippen molar-refractivity contribution >= 4 is 28.9 Å². The number of anilines is 2. The molecule has 3 rings (SSSR count). The molecule has 0 bridgehead atoms. The maximum absolute atomic E-state index is 13.5. The van der Waals surface area contributed by atoms with Gasteiger partial charge in [-0.2, -0.15) is 0 Å². The number of para-hydroxylation sites is 2. The largest absolute Gasteiger partial charge is 0.370 e. The number of carbonyl (C=O) groups excluding carboxylic acids is 1.